The number of hydrogen-bond acceptors (Lipinski definition) is 2. The molecule has 1 saturated carbocycles. The average molecular weight is 230 g/mol. The van der Waals surface area contributed by atoms with E-state index in [2.05, 4.69) is 11.9 Å². The van der Waals surface area contributed by atoms with Crippen LogP contribution in [0.15, 0.2) is 6.20 Å². The molecule has 78 valence electrons. The van der Waals surface area contributed by atoms with Gasteiger partial charge in [0, 0.05) is 17.0 Å². The Balaban J connectivity index is 2.12. The topological polar surface area (TPSA) is 12.9 Å². The van der Waals surface area contributed by atoms with Gasteiger partial charge in [0.05, 0.1) is 10.9 Å². The Morgan fingerprint density at radius 1 is 1.50 bits per heavy atom. The van der Waals surface area contributed by atoms with E-state index < -0.39 is 0 Å². The van der Waals surface area contributed by atoms with Crippen molar-refractivity contribution in [2.24, 2.45) is 5.92 Å². The number of halogens is 1. The first-order chi connectivity index (χ1) is 6.81. The number of hydrogen-bond donors (Lipinski definition) is 0. The molecular formula is C11H16ClNS. The first-order valence-electron chi connectivity index (χ1n) is 5.32. The third kappa shape index (κ3) is 2.12. The molecule has 1 heterocycles. The van der Waals surface area contributed by atoms with Gasteiger partial charge >= 0.3 is 0 Å². The Hall–Kier alpha value is -0.0800. The van der Waals surface area contributed by atoms with Gasteiger partial charge in [-0.05, 0) is 12.3 Å². The molecule has 0 N–H and O–H groups in total. The van der Waals surface area contributed by atoms with Gasteiger partial charge < -0.3 is 0 Å². The summed E-state index contributed by atoms with van der Waals surface area (Å²) in [5.74, 6) is 2.11. The highest BCUT2D eigenvalue weighted by molar-refractivity contribution is 7.11. The Kier molecular flexibility index (Phi) is 3.45. The molecule has 1 fully saturated rings. The lowest BCUT2D eigenvalue weighted by molar-refractivity contribution is 0.330. The minimum atomic E-state index is 0.610. The minimum Gasteiger partial charge on any atom is -0.249 e. The molecule has 3 heteroatoms. The van der Waals surface area contributed by atoms with E-state index in [4.69, 9.17) is 11.6 Å². The number of nitrogens with zero attached hydrogens (tertiary/aromatic N) is 1. The van der Waals surface area contributed by atoms with E-state index in [1.807, 2.05) is 6.20 Å². The third-order valence-electron chi connectivity index (χ3n) is 3.13. The lowest BCUT2D eigenvalue weighted by atomic mass is 9.81. The van der Waals surface area contributed by atoms with E-state index in [0.29, 0.717) is 11.8 Å². The van der Waals surface area contributed by atoms with Crippen molar-refractivity contribution in [2.75, 3.05) is 0 Å². The summed E-state index contributed by atoms with van der Waals surface area (Å²) >= 11 is 7.59. The van der Waals surface area contributed by atoms with Crippen LogP contribution in [0.3, 0.4) is 0 Å². The van der Waals surface area contributed by atoms with Crippen LogP contribution in [0.5, 0.6) is 0 Å². The molecule has 1 aromatic heterocycles. The van der Waals surface area contributed by atoms with Gasteiger partial charge in [-0.25, -0.2) is 4.98 Å². The zero-order valence-corrected chi connectivity index (χ0v) is 10.1. The molecule has 2 atom stereocenters. The van der Waals surface area contributed by atoms with Crippen LogP contribution < -0.4 is 0 Å². The molecule has 1 aromatic rings. The van der Waals surface area contributed by atoms with Gasteiger partial charge in [-0.3, -0.25) is 0 Å². The van der Waals surface area contributed by atoms with Gasteiger partial charge in [-0.1, -0.05) is 26.2 Å². The molecule has 0 aliphatic heterocycles. The van der Waals surface area contributed by atoms with E-state index in [0.717, 1.165) is 5.92 Å². The van der Waals surface area contributed by atoms with E-state index >= 15 is 0 Å². The molecule has 14 heavy (non-hydrogen) atoms. The molecule has 1 aliphatic rings. The molecule has 0 amide bonds. The second-order valence-corrected chi connectivity index (χ2v) is 5.58. The average Bonchev–Trinajstić information content (AvgIpc) is 2.67. The Morgan fingerprint density at radius 3 is 2.93 bits per heavy atom. The highest BCUT2D eigenvalue weighted by atomic mass is 35.5. The first kappa shape index (κ1) is 10.4. The summed E-state index contributed by atoms with van der Waals surface area (Å²) in [7, 11) is 0. The quantitative estimate of drug-likeness (QED) is 0.694. The number of thiazole rings is 1. The van der Waals surface area contributed by atoms with Crippen molar-refractivity contribution < 1.29 is 0 Å². The van der Waals surface area contributed by atoms with Gasteiger partial charge in [0.15, 0.2) is 0 Å². The molecule has 1 nitrogen and oxygen atoms in total. The highest BCUT2D eigenvalue weighted by Crippen LogP contribution is 2.39. The van der Waals surface area contributed by atoms with Crippen LogP contribution in [0.4, 0.5) is 0 Å². The lowest BCUT2D eigenvalue weighted by Crippen LogP contribution is -2.14. The maximum absolute atomic E-state index is 5.79. The standard InChI is InChI=1S/C11H16ClNS/c1-8-4-2-3-5-10(8)11-13-7-9(6-12)14-11/h7-8,10H,2-6H2,1H3. The summed E-state index contributed by atoms with van der Waals surface area (Å²) in [4.78, 5) is 5.70. The predicted octanol–water partition coefficient (Wildman–Crippen LogP) is 4.18. The van der Waals surface area contributed by atoms with Crippen LogP contribution in [0.2, 0.25) is 0 Å². The van der Waals surface area contributed by atoms with Crippen LogP contribution in [-0.4, -0.2) is 4.98 Å². The molecular weight excluding hydrogens is 214 g/mol. The Morgan fingerprint density at radius 2 is 2.29 bits per heavy atom. The fraction of sp³-hybridized carbons (Fsp3) is 0.727. The monoisotopic (exact) mass is 229 g/mol. The zero-order chi connectivity index (χ0) is 9.97. The van der Waals surface area contributed by atoms with Crippen molar-refractivity contribution in [1.29, 1.82) is 0 Å². The second kappa shape index (κ2) is 4.63. The van der Waals surface area contributed by atoms with Gasteiger partial charge in [0.2, 0.25) is 0 Å². The Bertz CT molecular complexity index is 297. The van der Waals surface area contributed by atoms with Crippen molar-refractivity contribution in [3.8, 4) is 0 Å². The van der Waals surface area contributed by atoms with Gasteiger partial charge in [-0.15, -0.1) is 22.9 Å². The number of alkyl halides is 1. The molecule has 2 rings (SSSR count). The SMILES string of the molecule is CC1CCCCC1c1ncc(CCl)s1. The van der Waals surface area contributed by atoms with E-state index in [1.165, 1.54) is 35.6 Å². The van der Waals surface area contributed by atoms with Gasteiger partial charge in [0.1, 0.15) is 0 Å². The largest absolute Gasteiger partial charge is 0.249 e. The summed E-state index contributed by atoms with van der Waals surface area (Å²) in [6.07, 6.45) is 7.38. The summed E-state index contributed by atoms with van der Waals surface area (Å²) < 4.78 is 0. The van der Waals surface area contributed by atoms with Crippen LogP contribution in [0, 0.1) is 5.92 Å². The molecule has 0 radical (unpaired) electrons. The zero-order valence-electron chi connectivity index (χ0n) is 8.50. The lowest BCUT2D eigenvalue weighted by Gasteiger charge is -2.26. The smallest absolute Gasteiger partial charge is 0.0961 e. The first-order valence-corrected chi connectivity index (χ1v) is 6.67. The Labute approximate surface area is 94.5 Å². The van der Waals surface area contributed by atoms with Crippen molar-refractivity contribution >= 4 is 22.9 Å². The van der Waals surface area contributed by atoms with Gasteiger partial charge in [-0.2, -0.15) is 0 Å². The van der Waals surface area contributed by atoms with Crippen molar-refractivity contribution in [3.05, 3.63) is 16.1 Å². The van der Waals surface area contributed by atoms with E-state index in [9.17, 15) is 0 Å². The predicted molar refractivity (Wildman–Crippen MR) is 62.0 cm³/mol. The molecule has 0 aromatic carbocycles. The van der Waals surface area contributed by atoms with Crippen molar-refractivity contribution in [3.63, 3.8) is 0 Å². The maximum atomic E-state index is 5.79. The third-order valence-corrected chi connectivity index (χ3v) is 4.71. The molecule has 2 unspecified atom stereocenters. The van der Waals surface area contributed by atoms with Crippen molar-refractivity contribution in [1.82, 2.24) is 4.98 Å². The molecule has 0 spiro atoms. The summed E-state index contributed by atoms with van der Waals surface area (Å²) in [6, 6.07) is 0. The van der Waals surface area contributed by atoms with Crippen LogP contribution >= 0.6 is 22.9 Å². The number of aromatic nitrogens is 1. The highest BCUT2D eigenvalue weighted by Gasteiger charge is 2.25. The van der Waals surface area contributed by atoms with E-state index in [1.54, 1.807) is 11.3 Å². The fourth-order valence-corrected chi connectivity index (χ4v) is 3.51. The fourth-order valence-electron chi connectivity index (χ4n) is 2.24. The number of rotatable bonds is 2. The summed E-state index contributed by atoms with van der Waals surface area (Å²) in [5, 5.41) is 1.31. The molecule has 0 bridgehead atoms. The van der Waals surface area contributed by atoms with Gasteiger partial charge in [0.25, 0.3) is 0 Å². The van der Waals surface area contributed by atoms with Crippen LogP contribution in [0.1, 0.15) is 48.4 Å². The van der Waals surface area contributed by atoms with Crippen LogP contribution in [0.25, 0.3) is 0 Å². The maximum Gasteiger partial charge on any atom is 0.0961 e. The van der Waals surface area contributed by atoms with Crippen molar-refractivity contribution in [2.45, 2.75) is 44.4 Å². The normalized spacial score (nSPS) is 27.9. The minimum absolute atomic E-state index is 0.610. The summed E-state index contributed by atoms with van der Waals surface area (Å²) in [6.45, 7) is 2.35. The molecule has 0 saturated heterocycles. The van der Waals surface area contributed by atoms with Crippen LogP contribution in [-0.2, 0) is 5.88 Å². The second-order valence-electron chi connectivity index (χ2n) is 4.17. The summed E-state index contributed by atoms with van der Waals surface area (Å²) in [5.41, 5.74) is 0. The molecule has 1 aliphatic carbocycles. The van der Waals surface area contributed by atoms with E-state index in [-0.39, 0.29) is 0 Å².